The van der Waals surface area contributed by atoms with Gasteiger partial charge in [0.05, 0.1) is 5.69 Å². The Bertz CT molecular complexity index is 819. The minimum atomic E-state index is -1.70. The molecule has 0 aliphatic rings. The van der Waals surface area contributed by atoms with Gasteiger partial charge in [0.2, 0.25) is 0 Å². The molecule has 0 spiro atoms. The average Bonchev–Trinajstić information content (AvgIpc) is 3.01. The molecule has 3 rings (SSSR count). The highest BCUT2D eigenvalue weighted by Crippen LogP contribution is 2.14. The van der Waals surface area contributed by atoms with E-state index in [1.165, 1.54) is 18.5 Å². The number of rotatable bonds is 5. The molecule has 2 aromatic heterocycles. The minimum absolute atomic E-state index is 0.140. The molecular formula is C14H12BN3O4. The van der Waals surface area contributed by atoms with E-state index in [0.29, 0.717) is 17.7 Å². The Hall–Kier alpha value is -2.71. The third kappa shape index (κ3) is 2.69. The third-order valence-corrected chi connectivity index (χ3v) is 3.23. The number of fused-ring (bicyclic) bond motifs is 1. The van der Waals surface area contributed by atoms with Crippen LogP contribution in [0.2, 0.25) is 0 Å². The van der Waals surface area contributed by atoms with Gasteiger partial charge in [-0.05, 0) is 29.7 Å². The van der Waals surface area contributed by atoms with Crippen LogP contribution < -0.4 is 10.2 Å². The second-order valence-electron chi connectivity index (χ2n) is 4.62. The van der Waals surface area contributed by atoms with E-state index in [4.69, 9.17) is 14.8 Å². The molecule has 0 aliphatic heterocycles. The predicted octanol–water partition coefficient (Wildman–Crippen LogP) is -0.199. The van der Waals surface area contributed by atoms with Crippen molar-refractivity contribution in [2.24, 2.45) is 0 Å². The molecular weight excluding hydrogens is 285 g/mol. The van der Waals surface area contributed by atoms with Crippen LogP contribution in [0.3, 0.4) is 0 Å². The van der Waals surface area contributed by atoms with Crippen molar-refractivity contribution in [2.45, 2.75) is 6.61 Å². The summed E-state index contributed by atoms with van der Waals surface area (Å²) in [5.41, 5.74) is 1.83. The van der Waals surface area contributed by atoms with E-state index in [1.54, 1.807) is 10.6 Å². The molecule has 1 aromatic carbocycles. The molecule has 0 radical (unpaired) electrons. The normalized spacial score (nSPS) is 10.6. The van der Waals surface area contributed by atoms with Gasteiger partial charge in [-0.2, -0.15) is 5.10 Å². The Kier molecular flexibility index (Phi) is 3.86. The summed E-state index contributed by atoms with van der Waals surface area (Å²) in [6.45, 7) is 0.236. The molecule has 0 saturated carbocycles. The van der Waals surface area contributed by atoms with Gasteiger partial charge in [-0.25, -0.2) is 9.50 Å². The Morgan fingerprint density at radius 2 is 2.14 bits per heavy atom. The van der Waals surface area contributed by atoms with E-state index < -0.39 is 7.12 Å². The quantitative estimate of drug-likeness (QED) is 0.500. The second-order valence-corrected chi connectivity index (χ2v) is 4.62. The van der Waals surface area contributed by atoms with Gasteiger partial charge < -0.3 is 14.8 Å². The lowest BCUT2D eigenvalue weighted by Crippen LogP contribution is -2.32. The molecule has 0 atom stereocenters. The van der Waals surface area contributed by atoms with E-state index in [1.807, 2.05) is 18.2 Å². The number of benzene rings is 1. The maximum atomic E-state index is 11.0. The van der Waals surface area contributed by atoms with E-state index in [-0.39, 0.29) is 17.6 Å². The second kappa shape index (κ2) is 5.96. The van der Waals surface area contributed by atoms with Crippen LogP contribution in [0.15, 0.2) is 42.7 Å². The van der Waals surface area contributed by atoms with Crippen molar-refractivity contribution >= 4 is 24.5 Å². The summed E-state index contributed by atoms with van der Waals surface area (Å²) in [6, 6.07) is 10.0. The highest BCUT2D eigenvalue weighted by molar-refractivity contribution is 6.60. The molecule has 0 saturated heterocycles. The number of nitrogens with zero attached hydrogens (tertiary/aromatic N) is 3. The molecule has 0 bridgehead atoms. The third-order valence-electron chi connectivity index (χ3n) is 3.23. The van der Waals surface area contributed by atoms with Crippen molar-refractivity contribution in [3.8, 4) is 5.75 Å². The number of pyridine rings is 1. The van der Waals surface area contributed by atoms with Crippen LogP contribution in [0.4, 0.5) is 0 Å². The average molecular weight is 297 g/mol. The first-order valence-electron chi connectivity index (χ1n) is 6.55. The molecule has 0 unspecified atom stereocenters. The molecule has 2 N–H and O–H groups in total. The summed E-state index contributed by atoms with van der Waals surface area (Å²) in [6.07, 6.45) is 2.01. The first-order valence-corrected chi connectivity index (χ1v) is 6.55. The van der Waals surface area contributed by atoms with Gasteiger partial charge in [0.1, 0.15) is 25.0 Å². The Labute approximate surface area is 126 Å². The summed E-state index contributed by atoms with van der Waals surface area (Å²) < 4.78 is 7.30. The van der Waals surface area contributed by atoms with Crippen LogP contribution in [0.1, 0.15) is 16.1 Å². The SMILES string of the molecule is O=Cc1cc(OCc2cccc3ncnn23)ccc1B(O)O. The summed E-state index contributed by atoms with van der Waals surface area (Å²) in [4.78, 5) is 15.1. The number of aromatic nitrogens is 3. The van der Waals surface area contributed by atoms with Crippen molar-refractivity contribution in [2.75, 3.05) is 0 Å². The maximum Gasteiger partial charge on any atom is 0.489 e. The number of hydrogen-bond donors (Lipinski definition) is 2. The van der Waals surface area contributed by atoms with Crippen molar-refractivity contribution in [3.05, 3.63) is 54.0 Å². The first kappa shape index (κ1) is 14.2. The van der Waals surface area contributed by atoms with Gasteiger partial charge in [0.25, 0.3) is 0 Å². The topological polar surface area (TPSA) is 97.0 Å². The monoisotopic (exact) mass is 297 g/mol. The maximum absolute atomic E-state index is 11.0. The lowest BCUT2D eigenvalue weighted by molar-refractivity contribution is 0.112. The fourth-order valence-electron chi connectivity index (χ4n) is 2.15. The van der Waals surface area contributed by atoms with Crippen LogP contribution in [0, 0.1) is 0 Å². The fourth-order valence-corrected chi connectivity index (χ4v) is 2.15. The van der Waals surface area contributed by atoms with E-state index in [0.717, 1.165) is 5.69 Å². The molecule has 110 valence electrons. The molecule has 0 amide bonds. The standard InChI is InChI=1S/C14H12BN3O4/c19-7-10-6-12(4-5-13(10)15(20)21)22-8-11-2-1-3-14-16-9-17-18(11)14/h1-7,9,20-21H,8H2. The number of aldehydes is 1. The smallest absolute Gasteiger partial charge is 0.487 e. The molecule has 8 heteroatoms. The Balaban J connectivity index is 1.82. The Morgan fingerprint density at radius 1 is 1.27 bits per heavy atom. The lowest BCUT2D eigenvalue weighted by atomic mass is 9.77. The fraction of sp³-hybridized carbons (Fsp3) is 0.0714. The van der Waals surface area contributed by atoms with Crippen LogP contribution in [0.25, 0.3) is 5.65 Å². The predicted molar refractivity (Wildman–Crippen MR) is 79.0 cm³/mol. The zero-order chi connectivity index (χ0) is 15.5. The molecule has 22 heavy (non-hydrogen) atoms. The van der Waals surface area contributed by atoms with Gasteiger partial charge in [0, 0.05) is 5.56 Å². The van der Waals surface area contributed by atoms with Crippen molar-refractivity contribution in [1.82, 2.24) is 14.6 Å². The Morgan fingerprint density at radius 3 is 2.91 bits per heavy atom. The number of ether oxygens (including phenoxy) is 1. The van der Waals surface area contributed by atoms with Gasteiger partial charge in [-0.15, -0.1) is 0 Å². The zero-order valence-corrected chi connectivity index (χ0v) is 11.5. The molecule has 3 aromatic rings. The number of hydrogen-bond acceptors (Lipinski definition) is 6. The summed E-state index contributed by atoms with van der Waals surface area (Å²) in [5, 5.41) is 22.4. The van der Waals surface area contributed by atoms with Gasteiger partial charge in [-0.3, -0.25) is 4.79 Å². The van der Waals surface area contributed by atoms with E-state index in [9.17, 15) is 4.79 Å². The van der Waals surface area contributed by atoms with Crippen molar-refractivity contribution in [3.63, 3.8) is 0 Å². The van der Waals surface area contributed by atoms with E-state index >= 15 is 0 Å². The van der Waals surface area contributed by atoms with Gasteiger partial charge >= 0.3 is 7.12 Å². The van der Waals surface area contributed by atoms with E-state index in [2.05, 4.69) is 10.1 Å². The minimum Gasteiger partial charge on any atom is -0.487 e. The van der Waals surface area contributed by atoms with Crippen molar-refractivity contribution in [1.29, 1.82) is 0 Å². The van der Waals surface area contributed by atoms with Crippen LogP contribution in [-0.2, 0) is 6.61 Å². The summed E-state index contributed by atoms with van der Waals surface area (Å²) in [5.74, 6) is 0.448. The highest BCUT2D eigenvalue weighted by Gasteiger charge is 2.16. The molecule has 7 nitrogen and oxygen atoms in total. The molecule has 0 aliphatic carbocycles. The number of carbonyl (C=O) groups is 1. The molecule has 2 heterocycles. The summed E-state index contributed by atoms with van der Waals surface area (Å²) >= 11 is 0. The van der Waals surface area contributed by atoms with Crippen LogP contribution >= 0.6 is 0 Å². The lowest BCUT2D eigenvalue weighted by Gasteiger charge is -2.10. The number of carbonyl (C=O) groups excluding carboxylic acids is 1. The van der Waals surface area contributed by atoms with Gasteiger partial charge in [0.15, 0.2) is 5.65 Å². The van der Waals surface area contributed by atoms with Crippen LogP contribution in [-0.4, -0.2) is 38.1 Å². The van der Waals surface area contributed by atoms with Crippen LogP contribution in [0.5, 0.6) is 5.75 Å². The first-order chi connectivity index (χ1) is 10.7. The highest BCUT2D eigenvalue weighted by atomic mass is 16.5. The molecule has 0 fully saturated rings. The van der Waals surface area contributed by atoms with Crippen molar-refractivity contribution < 1.29 is 19.6 Å². The van der Waals surface area contributed by atoms with Gasteiger partial charge in [-0.1, -0.05) is 12.1 Å². The largest absolute Gasteiger partial charge is 0.489 e. The zero-order valence-electron chi connectivity index (χ0n) is 11.5. The summed E-state index contributed by atoms with van der Waals surface area (Å²) in [7, 11) is -1.70.